The van der Waals surface area contributed by atoms with Crippen LogP contribution in [-0.2, 0) is 11.3 Å². The third kappa shape index (κ3) is 3.95. The van der Waals surface area contributed by atoms with Crippen LogP contribution in [0.15, 0.2) is 6.20 Å². The van der Waals surface area contributed by atoms with Gasteiger partial charge in [0, 0.05) is 6.04 Å². The van der Waals surface area contributed by atoms with Gasteiger partial charge in [-0.25, -0.2) is 9.48 Å². The highest BCUT2D eigenvalue weighted by molar-refractivity contribution is 5.88. The number of rotatable bonds is 4. The lowest BCUT2D eigenvalue weighted by Gasteiger charge is -2.07. The van der Waals surface area contributed by atoms with Gasteiger partial charge in [0.15, 0.2) is 5.82 Å². The van der Waals surface area contributed by atoms with Crippen molar-refractivity contribution < 1.29 is 14.7 Å². The summed E-state index contributed by atoms with van der Waals surface area (Å²) in [7, 11) is 0. The van der Waals surface area contributed by atoms with E-state index >= 15 is 0 Å². The van der Waals surface area contributed by atoms with Crippen molar-refractivity contribution in [3.05, 3.63) is 6.20 Å². The van der Waals surface area contributed by atoms with E-state index in [1.165, 1.54) is 6.20 Å². The van der Waals surface area contributed by atoms with E-state index in [0.29, 0.717) is 0 Å². The van der Waals surface area contributed by atoms with E-state index in [2.05, 4.69) is 20.9 Å². The van der Waals surface area contributed by atoms with Gasteiger partial charge >= 0.3 is 12.0 Å². The van der Waals surface area contributed by atoms with E-state index in [9.17, 15) is 9.59 Å². The van der Waals surface area contributed by atoms with Crippen LogP contribution in [0.2, 0.25) is 0 Å². The second-order valence-electron chi connectivity index (χ2n) is 3.45. The number of nitrogens with zero attached hydrogens (tertiary/aromatic N) is 3. The molecule has 0 bridgehead atoms. The third-order valence-electron chi connectivity index (χ3n) is 1.50. The molecule has 1 heterocycles. The quantitative estimate of drug-likeness (QED) is 0.665. The summed E-state index contributed by atoms with van der Waals surface area (Å²) in [5.74, 6) is -0.817. The van der Waals surface area contributed by atoms with Gasteiger partial charge in [0.1, 0.15) is 6.54 Å². The van der Waals surface area contributed by atoms with Crippen LogP contribution in [0.4, 0.5) is 10.6 Å². The fourth-order valence-corrected chi connectivity index (χ4v) is 0.986. The molecule has 8 nitrogen and oxygen atoms in total. The molecule has 0 saturated heterocycles. The smallest absolute Gasteiger partial charge is 0.325 e. The van der Waals surface area contributed by atoms with Crippen molar-refractivity contribution in [3.63, 3.8) is 0 Å². The second-order valence-corrected chi connectivity index (χ2v) is 3.45. The number of carboxylic acid groups (broad SMARTS) is 1. The molecule has 0 aromatic carbocycles. The number of carbonyl (C=O) groups is 2. The third-order valence-corrected chi connectivity index (χ3v) is 1.50. The van der Waals surface area contributed by atoms with Gasteiger partial charge in [0.2, 0.25) is 0 Å². The second kappa shape index (κ2) is 5.10. The Hall–Kier alpha value is -2.12. The molecule has 0 unspecified atom stereocenters. The number of carbonyl (C=O) groups excluding carboxylic acids is 1. The highest BCUT2D eigenvalue weighted by Crippen LogP contribution is 1.99. The number of carboxylic acids is 1. The summed E-state index contributed by atoms with van der Waals surface area (Å²) >= 11 is 0. The van der Waals surface area contributed by atoms with Gasteiger partial charge in [-0.05, 0) is 13.8 Å². The van der Waals surface area contributed by atoms with Crippen molar-refractivity contribution in [2.45, 2.75) is 26.4 Å². The Bertz CT molecular complexity index is 387. The summed E-state index contributed by atoms with van der Waals surface area (Å²) in [4.78, 5) is 21.6. The molecule has 2 amide bonds. The van der Waals surface area contributed by atoms with Crippen molar-refractivity contribution >= 4 is 17.8 Å². The molecule has 16 heavy (non-hydrogen) atoms. The average Bonchev–Trinajstić information content (AvgIpc) is 2.49. The Morgan fingerprint density at radius 1 is 1.56 bits per heavy atom. The van der Waals surface area contributed by atoms with Crippen molar-refractivity contribution in [1.29, 1.82) is 0 Å². The molecule has 3 N–H and O–H groups in total. The molecular weight excluding hydrogens is 214 g/mol. The Morgan fingerprint density at radius 3 is 2.81 bits per heavy atom. The summed E-state index contributed by atoms with van der Waals surface area (Å²) in [6.45, 7) is 3.35. The zero-order chi connectivity index (χ0) is 12.1. The summed E-state index contributed by atoms with van der Waals surface area (Å²) in [5, 5.41) is 20.6. The number of urea groups is 1. The molecule has 0 atom stereocenters. The van der Waals surface area contributed by atoms with E-state index < -0.39 is 12.0 Å². The van der Waals surface area contributed by atoms with Crippen LogP contribution in [0.3, 0.4) is 0 Å². The van der Waals surface area contributed by atoms with E-state index in [0.717, 1.165) is 4.68 Å². The van der Waals surface area contributed by atoms with Crippen molar-refractivity contribution in [2.75, 3.05) is 5.32 Å². The number of amides is 2. The Morgan fingerprint density at radius 2 is 2.25 bits per heavy atom. The lowest BCUT2D eigenvalue weighted by Crippen LogP contribution is -2.34. The van der Waals surface area contributed by atoms with Gasteiger partial charge in [-0.1, -0.05) is 5.21 Å². The molecule has 0 saturated carbocycles. The van der Waals surface area contributed by atoms with Gasteiger partial charge in [-0.2, -0.15) is 0 Å². The molecular formula is C8H13N5O3. The van der Waals surface area contributed by atoms with Crippen molar-refractivity contribution in [3.8, 4) is 0 Å². The van der Waals surface area contributed by atoms with E-state index in [1.807, 2.05) is 13.8 Å². The minimum absolute atomic E-state index is 0.00839. The van der Waals surface area contributed by atoms with Crippen molar-refractivity contribution in [2.24, 2.45) is 0 Å². The molecule has 0 aliphatic heterocycles. The maximum absolute atomic E-state index is 11.2. The maximum Gasteiger partial charge on any atom is 0.325 e. The molecule has 0 radical (unpaired) electrons. The number of anilines is 1. The van der Waals surface area contributed by atoms with E-state index in [-0.39, 0.29) is 18.4 Å². The van der Waals surface area contributed by atoms with Crippen LogP contribution >= 0.6 is 0 Å². The Kier molecular flexibility index (Phi) is 3.81. The predicted molar refractivity (Wildman–Crippen MR) is 54.9 cm³/mol. The Labute approximate surface area is 91.6 Å². The first-order valence-electron chi connectivity index (χ1n) is 4.67. The van der Waals surface area contributed by atoms with Crippen LogP contribution in [-0.4, -0.2) is 38.1 Å². The maximum atomic E-state index is 11.2. The predicted octanol–water partition coefficient (Wildman–Crippen LogP) is -0.107. The van der Waals surface area contributed by atoms with Crippen molar-refractivity contribution in [1.82, 2.24) is 20.3 Å². The number of nitrogens with one attached hydrogen (secondary N) is 2. The summed E-state index contributed by atoms with van der Waals surface area (Å²) in [5.41, 5.74) is 0. The molecule has 0 aliphatic carbocycles. The lowest BCUT2D eigenvalue weighted by molar-refractivity contribution is -0.137. The molecule has 0 spiro atoms. The first-order valence-corrected chi connectivity index (χ1v) is 4.67. The fraction of sp³-hybridized carbons (Fsp3) is 0.500. The first kappa shape index (κ1) is 12.0. The van der Waals surface area contributed by atoms with Gasteiger partial charge in [0.25, 0.3) is 0 Å². The van der Waals surface area contributed by atoms with Gasteiger partial charge in [0.05, 0.1) is 6.20 Å². The normalized spacial score (nSPS) is 10.2. The van der Waals surface area contributed by atoms with Gasteiger partial charge < -0.3 is 10.4 Å². The van der Waals surface area contributed by atoms with E-state index in [4.69, 9.17) is 5.11 Å². The van der Waals surface area contributed by atoms with Crippen LogP contribution in [0.1, 0.15) is 13.8 Å². The van der Waals surface area contributed by atoms with E-state index in [1.54, 1.807) is 0 Å². The molecule has 1 aromatic heterocycles. The lowest BCUT2D eigenvalue weighted by atomic mass is 10.4. The highest BCUT2D eigenvalue weighted by atomic mass is 16.4. The fourth-order valence-electron chi connectivity index (χ4n) is 0.986. The minimum atomic E-state index is -1.02. The molecule has 8 heteroatoms. The van der Waals surface area contributed by atoms with Crippen LogP contribution in [0.25, 0.3) is 0 Å². The molecule has 0 fully saturated rings. The summed E-state index contributed by atoms with van der Waals surface area (Å²) in [6.07, 6.45) is 1.34. The standard InChI is InChI=1S/C8H13N5O3/c1-5(2)9-8(16)10-6-3-13(12-11-6)4-7(14)15/h3,5H,4H2,1-2H3,(H,14,15)(H2,9,10,16). The SMILES string of the molecule is CC(C)NC(=O)Nc1cn(CC(=O)O)nn1. The molecule has 0 aliphatic rings. The zero-order valence-electron chi connectivity index (χ0n) is 8.97. The topological polar surface area (TPSA) is 109 Å². The number of aromatic nitrogens is 3. The van der Waals surface area contributed by atoms with Crippen LogP contribution < -0.4 is 10.6 Å². The largest absolute Gasteiger partial charge is 0.480 e. The number of hydrogen-bond acceptors (Lipinski definition) is 4. The number of aliphatic carboxylic acids is 1. The minimum Gasteiger partial charge on any atom is -0.480 e. The van der Waals surface area contributed by atoms with Gasteiger partial charge in [-0.15, -0.1) is 5.10 Å². The zero-order valence-corrected chi connectivity index (χ0v) is 8.97. The summed E-state index contributed by atoms with van der Waals surface area (Å²) in [6, 6.07) is -0.397. The first-order chi connectivity index (χ1) is 7.47. The average molecular weight is 227 g/mol. The van der Waals surface area contributed by atoms with Crippen LogP contribution in [0, 0.1) is 0 Å². The molecule has 1 rings (SSSR count). The Balaban J connectivity index is 2.51. The molecule has 1 aromatic rings. The summed E-state index contributed by atoms with van der Waals surface area (Å²) < 4.78 is 1.12. The van der Waals surface area contributed by atoms with Crippen LogP contribution in [0.5, 0.6) is 0 Å². The molecule has 88 valence electrons. The highest BCUT2D eigenvalue weighted by Gasteiger charge is 2.07. The van der Waals surface area contributed by atoms with Gasteiger partial charge in [-0.3, -0.25) is 10.1 Å². The monoisotopic (exact) mass is 227 g/mol. The number of hydrogen-bond donors (Lipinski definition) is 3.